The van der Waals surface area contributed by atoms with Gasteiger partial charge in [-0.1, -0.05) is 25.5 Å². The van der Waals surface area contributed by atoms with Crippen molar-refractivity contribution in [3.8, 4) is 0 Å². The first-order chi connectivity index (χ1) is 9.47. The Morgan fingerprint density at radius 2 is 1.95 bits per heavy atom. The number of allylic oxidation sites excluding steroid dienone is 1. The van der Waals surface area contributed by atoms with Crippen molar-refractivity contribution in [3.05, 3.63) is 46.2 Å². The van der Waals surface area contributed by atoms with Gasteiger partial charge in [0.05, 0.1) is 0 Å². The molecule has 3 heteroatoms. The number of aryl methyl sites for hydroxylation is 1. The molecule has 104 valence electrons. The number of carbonyl (C=O) groups excluding carboxylic acids is 2. The number of carbonyl (C=O) groups is 2. The predicted molar refractivity (Wildman–Crippen MR) is 75.8 cm³/mol. The standard InChI is InChI=1S/C17H18O3/c1-9(2)6-11-8-14-15(18)13-7-10(3)4-5-12(13)16(19)17(14)20-11/h4-5,7,9,11H,6,8H2,1-3H3. The first-order valence-electron chi connectivity index (χ1n) is 7.07. The number of hydrogen-bond acceptors (Lipinski definition) is 3. The lowest BCUT2D eigenvalue weighted by molar-refractivity contribution is 0.0802. The fraction of sp³-hybridized carbons (Fsp3) is 0.412. The van der Waals surface area contributed by atoms with Crippen LogP contribution in [0, 0.1) is 12.8 Å². The third-order valence-electron chi connectivity index (χ3n) is 3.87. The number of hydrogen-bond donors (Lipinski definition) is 0. The fourth-order valence-electron chi connectivity index (χ4n) is 2.97. The molecule has 0 bridgehead atoms. The summed E-state index contributed by atoms with van der Waals surface area (Å²) in [4.78, 5) is 25.0. The molecule has 0 saturated carbocycles. The van der Waals surface area contributed by atoms with Gasteiger partial charge in [-0.2, -0.15) is 0 Å². The van der Waals surface area contributed by atoms with Crippen molar-refractivity contribution in [1.29, 1.82) is 0 Å². The Morgan fingerprint density at radius 1 is 1.20 bits per heavy atom. The molecule has 1 heterocycles. The van der Waals surface area contributed by atoms with Crippen molar-refractivity contribution >= 4 is 11.6 Å². The van der Waals surface area contributed by atoms with Crippen LogP contribution in [0.4, 0.5) is 0 Å². The number of Topliss-reactive ketones (excluding diaryl/α,β-unsaturated/α-hetero) is 2. The van der Waals surface area contributed by atoms with E-state index in [0.29, 0.717) is 29.0 Å². The monoisotopic (exact) mass is 270 g/mol. The molecular weight excluding hydrogens is 252 g/mol. The van der Waals surface area contributed by atoms with Gasteiger partial charge in [0.15, 0.2) is 11.5 Å². The summed E-state index contributed by atoms with van der Waals surface area (Å²) in [6.07, 6.45) is 1.39. The minimum absolute atomic E-state index is 0.0374. The summed E-state index contributed by atoms with van der Waals surface area (Å²) < 4.78 is 5.76. The third kappa shape index (κ3) is 1.98. The van der Waals surface area contributed by atoms with E-state index in [9.17, 15) is 9.59 Å². The Hall–Kier alpha value is -1.90. The number of fused-ring (bicyclic) bond motifs is 1. The topological polar surface area (TPSA) is 43.4 Å². The van der Waals surface area contributed by atoms with Crippen LogP contribution in [0.5, 0.6) is 0 Å². The quantitative estimate of drug-likeness (QED) is 0.826. The highest BCUT2D eigenvalue weighted by molar-refractivity contribution is 6.26. The molecule has 1 aromatic carbocycles. The Bertz CT molecular complexity index is 638. The highest BCUT2D eigenvalue weighted by atomic mass is 16.5. The van der Waals surface area contributed by atoms with Gasteiger partial charge in [-0.3, -0.25) is 9.59 Å². The van der Waals surface area contributed by atoms with Crippen molar-refractivity contribution in [2.45, 2.75) is 39.7 Å². The van der Waals surface area contributed by atoms with Crippen molar-refractivity contribution < 1.29 is 14.3 Å². The van der Waals surface area contributed by atoms with Crippen LogP contribution in [0.3, 0.4) is 0 Å². The highest BCUT2D eigenvalue weighted by Gasteiger charge is 2.40. The van der Waals surface area contributed by atoms with E-state index in [2.05, 4.69) is 13.8 Å². The molecule has 0 spiro atoms. The first-order valence-corrected chi connectivity index (χ1v) is 7.07. The molecule has 1 unspecified atom stereocenters. The molecular formula is C17H18O3. The summed E-state index contributed by atoms with van der Waals surface area (Å²) in [5, 5.41) is 0. The van der Waals surface area contributed by atoms with Gasteiger partial charge in [0, 0.05) is 23.1 Å². The van der Waals surface area contributed by atoms with E-state index >= 15 is 0 Å². The molecule has 2 aliphatic rings. The van der Waals surface area contributed by atoms with Gasteiger partial charge in [-0.15, -0.1) is 0 Å². The zero-order valence-electron chi connectivity index (χ0n) is 12.0. The van der Waals surface area contributed by atoms with Gasteiger partial charge in [-0.05, 0) is 31.4 Å². The van der Waals surface area contributed by atoms with E-state index < -0.39 is 0 Å². The lowest BCUT2D eigenvalue weighted by atomic mass is 9.86. The zero-order chi connectivity index (χ0) is 14.4. The molecule has 1 atom stereocenters. The molecule has 0 aromatic heterocycles. The van der Waals surface area contributed by atoms with E-state index in [4.69, 9.17) is 4.74 Å². The molecule has 0 fully saturated rings. The summed E-state index contributed by atoms with van der Waals surface area (Å²) in [7, 11) is 0. The minimum Gasteiger partial charge on any atom is -0.486 e. The van der Waals surface area contributed by atoms with Crippen LogP contribution in [0.25, 0.3) is 0 Å². The van der Waals surface area contributed by atoms with E-state index in [1.165, 1.54) is 0 Å². The summed E-state index contributed by atoms with van der Waals surface area (Å²) >= 11 is 0. The Balaban J connectivity index is 1.97. The number of ketones is 2. The van der Waals surface area contributed by atoms with Crippen molar-refractivity contribution in [2.75, 3.05) is 0 Å². The maximum absolute atomic E-state index is 12.5. The van der Waals surface area contributed by atoms with E-state index in [0.717, 1.165) is 12.0 Å². The molecule has 0 N–H and O–H groups in total. The molecule has 3 rings (SSSR count). The zero-order valence-corrected chi connectivity index (χ0v) is 12.0. The van der Waals surface area contributed by atoms with Crippen molar-refractivity contribution in [1.82, 2.24) is 0 Å². The van der Waals surface area contributed by atoms with Crippen LogP contribution >= 0.6 is 0 Å². The van der Waals surface area contributed by atoms with Crippen LogP contribution < -0.4 is 0 Å². The largest absolute Gasteiger partial charge is 0.486 e. The second kappa shape index (κ2) is 4.58. The summed E-state index contributed by atoms with van der Waals surface area (Å²) in [6, 6.07) is 5.39. The smallest absolute Gasteiger partial charge is 0.228 e. The highest BCUT2D eigenvalue weighted by Crippen LogP contribution is 2.37. The Labute approximate surface area is 118 Å². The van der Waals surface area contributed by atoms with Crippen LogP contribution in [-0.4, -0.2) is 17.7 Å². The van der Waals surface area contributed by atoms with Gasteiger partial charge in [0.2, 0.25) is 5.78 Å². The molecule has 20 heavy (non-hydrogen) atoms. The Morgan fingerprint density at radius 3 is 2.65 bits per heavy atom. The molecule has 1 aliphatic carbocycles. The third-order valence-corrected chi connectivity index (χ3v) is 3.87. The maximum Gasteiger partial charge on any atom is 0.228 e. The molecule has 0 amide bonds. The van der Waals surface area contributed by atoms with Crippen LogP contribution in [0.15, 0.2) is 29.5 Å². The summed E-state index contributed by atoms with van der Waals surface area (Å²) in [5.74, 6) is 0.596. The van der Waals surface area contributed by atoms with E-state index in [-0.39, 0.29) is 23.4 Å². The lowest BCUT2D eigenvalue weighted by Crippen LogP contribution is -2.20. The molecule has 3 nitrogen and oxygen atoms in total. The molecule has 0 radical (unpaired) electrons. The molecule has 0 saturated heterocycles. The number of benzene rings is 1. The van der Waals surface area contributed by atoms with Crippen molar-refractivity contribution in [3.63, 3.8) is 0 Å². The average Bonchev–Trinajstić information content (AvgIpc) is 2.79. The number of rotatable bonds is 2. The van der Waals surface area contributed by atoms with Crippen LogP contribution in [0.1, 0.15) is 53.0 Å². The first kappa shape index (κ1) is 13.1. The summed E-state index contributed by atoms with van der Waals surface area (Å²) in [5.41, 5.74) is 2.57. The maximum atomic E-state index is 12.5. The second-order valence-electron chi connectivity index (χ2n) is 6.09. The number of ether oxygens (including phenoxy) is 1. The van der Waals surface area contributed by atoms with Gasteiger partial charge in [0.1, 0.15) is 6.10 Å². The van der Waals surface area contributed by atoms with Crippen LogP contribution in [-0.2, 0) is 4.74 Å². The van der Waals surface area contributed by atoms with Gasteiger partial charge < -0.3 is 4.74 Å². The van der Waals surface area contributed by atoms with Gasteiger partial charge >= 0.3 is 0 Å². The minimum atomic E-state index is -0.138. The molecule has 1 aliphatic heterocycles. The SMILES string of the molecule is Cc1ccc2c(c1)C(=O)C1=C(OC(CC(C)C)C1)C2=O. The van der Waals surface area contributed by atoms with E-state index in [1.807, 2.05) is 13.0 Å². The molecule has 1 aromatic rings. The van der Waals surface area contributed by atoms with Gasteiger partial charge in [-0.25, -0.2) is 0 Å². The summed E-state index contributed by atoms with van der Waals surface area (Å²) in [6.45, 7) is 6.15. The second-order valence-corrected chi connectivity index (χ2v) is 6.09. The normalized spacial score (nSPS) is 21.1. The predicted octanol–water partition coefficient (Wildman–Crippen LogP) is 3.46. The average molecular weight is 270 g/mol. The Kier molecular flexibility index (Phi) is 3.00. The lowest BCUT2D eigenvalue weighted by Gasteiger charge is -2.16. The van der Waals surface area contributed by atoms with Crippen LogP contribution in [0.2, 0.25) is 0 Å². The van der Waals surface area contributed by atoms with Crippen molar-refractivity contribution in [2.24, 2.45) is 5.92 Å². The fourth-order valence-corrected chi connectivity index (χ4v) is 2.97. The van der Waals surface area contributed by atoms with E-state index in [1.54, 1.807) is 12.1 Å². The van der Waals surface area contributed by atoms with Gasteiger partial charge in [0.25, 0.3) is 0 Å².